The molecule has 2 unspecified atom stereocenters. The topological polar surface area (TPSA) is 52.6 Å². The zero-order valence-electron chi connectivity index (χ0n) is 10.8. The minimum Gasteiger partial charge on any atom is -0.392 e. The van der Waals surface area contributed by atoms with Crippen LogP contribution in [0.25, 0.3) is 0 Å². The standard InChI is InChI=1S/C15H18N2O2/c18-10-7-12(16-8-10)14(19)17-9-15(5-6-15)11-3-1-2-4-13(11)17/h1-4,10,12,16,18H,5-9H2. The van der Waals surface area contributed by atoms with Crippen molar-refractivity contribution < 1.29 is 9.90 Å². The molecule has 4 rings (SSSR count). The van der Waals surface area contributed by atoms with Gasteiger partial charge in [-0.15, -0.1) is 0 Å². The molecule has 1 spiro atoms. The van der Waals surface area contributed by atoms with Crippen LogP contribution in [0.1, 0.15) is 24.8 Å². The van der Waals surface area contributed by atoms with Gasteiger partial charge < -0.3 is 15.3 Å². The van der Waals surface area contributed by atoms with E-state index in [1.807, 2.05) is 17.0 Å². The molecule has 1 aromatic rings. The summed E-state index contributed by atoms with van der Waals surface area (Å²) in [5, 5.41) is 12.7. The van der Waals surface area contributed by atoms with Crippen LogP contribution in [0.5, 0.6) is 0 Å². The third-order valence-corrected chi connectivity index (χ3v) is 4.75. The molecule has 2 fully saturated rings. The number of fused-ring (bicyclic) bond motifs is 2. The molecular weight excluding hydrogens is 240 g/mol. The molecule has 1 saturated carbocycles. The van der Waals surface area contributed by atoms with Crippen molar-refractivity contribution in [2.45, 2.75) is 36.8 Å². The van der Waals surface area contributed by atoms with Crippen LogP contribution >= 0.6 is 0 Å². The largest absolute Gasteiger partial charge is 0.392 e. The first kappa shape index (κ1) is 11.4. The molecule has 2 atom stereocenters. The molecule has 0 radical (unpaired) electrons. The van der Waals surface area contributed by atoms with E-state index in [1.54, 1.807) is 0 Å². The predicted octanol–water partition coefficient (Wildman–Crippen LogP) is 0.788. The molecule has 1 amide bonds. The molecule has 1 aliphatic carbocycles. The highest BCUT2D eigenvalue weighted by Gasteiger charge is 2.53. The number of aliphatic hydroxyl groups excluding tert-OH is 1. The van der Waals surface area contributed by atoms with Crippen molar-refractivity contribution in [2.24, 2.45) is 0 Å². The maximum atomic E-state index is 12.6. The lowest BCUT2D eigenvalue weighted by atomic mass is 9.99. The van der Waals surface area contributed by atoms with E-state index in [-0.39, 0.29) is 23.5 Å². The summed E-state index contributed by atoms with van der Waals surface area (Å²) in [6.45, 7) is 1.34. The van der Waals surface area contributed by atoms with Gasteiger partial charge in [0.2, 0.25) is 5.91 Å². The van der Waals surface area contributed by atoms with E-state index in [2.05, 4.69) is 17.4 Å². The van der Waals surface area contributed by atoms with Crippen LogP contribution in [0.2, 0.25) is 0 Å². The van der Waals surface area contributed by atoms with Gasteiger partial charge in [0, 0.05) is 24.2 Å². The summed E-state index contributed by atoms with van der Waals surface area (Å²) in [6.07, 6.45) is 2.52. The average Bonchev–Trinajstić information content (AvgIpc) is 2.95. The van der Waals surface area contributed by atoms with Crippen molar-refractivity contribution in [3.63, 3.8) is 0 Å². The van der Waals surface area contributed by atoms with Crippen molar-refractivity contribution >= 4 is 11.6 Å². The Hall–Kier alpha value is -1.39. The highest BCUT2D eigenvalue weighted by atomic mass is 16.3. The van der Waals surface area contributed by atoms with E-state index in [0.717, 1.165) is 12.2 Å². The van der Waals surface area contributed by atoms with Gasteiger partial charge in [0.1, 0.15) is 0 Å². The second-order valence-electron chi connectivity index (χ2n) is 6.07. The fourth-order valence-electron chi connectivity index (χ4n) is 3.50. The Balaban J connectivity index is 1.65. The molecular formula is C15H18N2O2. The van der Waals surface area contributed by atoms with Crippen LogP contribution in [0, 0.1) is 0 Å². The maximum absolute atomic E-state index is 12.6. The predicted molar refractivity (Wildman–Crippen MR) is 72.1 cm³/mol. The van der Waals surface area contributed by atoms with Gasteiger partial charge in [0.25, 0.3) is 0 Å². The highest BCUT2D eigenvalue weighted by Crippen LogP contribution is 2.56. The Morgan fingerprint density at radius 2 is 2.16 bits per heavy atom. The van der Waals surface area contributed by atoms with E-state index in [9.17, 15) is 9.90 Å². The van der Waals surface area contributed by atoms with Gasteiger partial charge in [-0.2, -0.15) is 0 Å². The Kier molecular flexibility index (Phi) is 2.29. The number of anilines is 1. The molecule has 4 heteroatoms. The molecule has 2 aliphatic heterocycles. The number of hydrogen-bond acceptors (Lipinski definition) is 3. The molecule has 2 heterocycles. The molecule has 4 nitrogen and oxygen atoms in total. The maximum Gasteiger partial charge on any atom is 0.244 e. The van der Waals surface area contributed by atoms with Gasteiger partial charge in [-0.3, -0.25) is 4.79 Å². The van der Waals surface area contributed by atoms with Crippen molar-refractivity contribution in [3.8, 4) is 0 Å². The SMILES string of the molecule is O=C(C1CC(O)CN1)N1CC2(CC2)c2ccccc21. The zero-order chi connectivity index (χ0) is 13.0. The van der Waals surface area contributed by atoms with Crippen LogP contribution in [-0.4, -0.2) is 36.2 Å². The first-order chi connectivity index (χ1) is 9.20. The summed E-state index contributed by atoms with van der Waals surface area (Å²) in [6, 6.07) is 8.04. The molecule has 19 heavy (non-hydrogen) atoms. The first-order valence-corrected chi connectivity index (χ1v) is 7.02. The van der Waals surface area contributed by atoms with Gasteiger partial charge in [0.05, 0.1) is 12.1 Å². The van der Waals surface area contributed by atoms with Gasteiger partial charge in [-0.1, -0.05) is 18.2 Å². The smallest absolute Gasteiger partial charge is 0.244 e. The quantitative estimate of drug-likeness (QED) is 0.783. The fourth-order valence-corrected chi connectivity index (χ4v) is 3.50. The van der Waals surface area contributed by atoms with E-state index in [1.165, 1.54) is 18.4 Å². The van der Waals surface area contributed by atoms with E-state index >= 15 is 0 Å². The molecule has 0 bridgehead atoms. The summed E-state index contributed by atoms with van der Waals surface area (Å²) in [7, 11) is 0. The normalized spacial score (nSPS) is 30.7. The van der Waals surface area contributed by atoms with Crippen LogP contribution in [0.3, 0.4) is 0 Å². The number of amides is 1. The second-order valence-corrected chi connectivity index (χ2v) is 6.07. The molecule has 2 N–H and O–H groups in total. The number of hydrogen-bond donors (Lipinski definition) is 2. The van der Waals surface area contributed by atoms with Gasteiger partial charge in [0.15, 0.2) is 0 Å². The van der Waals surface area contributed by atoms with E-state index in [4.69, 9.17) is 0 Å². The minimum atomic E-state index is -0.387. The number of aliphatic hydroxyl groups is 1. The number of nitrogens with one attached hydrogen (secondary N) is 1. The van der Waals surface area contributed by atoms with Gasteiger partial charge >= 0.3 is 0 Å². The summed E-state index contributed by atoms with van der Waals surface area (Å²) in [5.74, 6) is 0.118. The Morgan fingerprint density at radius 1 is 1.37 bits per heavy atom. The summed E-state index contributed by atoms with van der Waals surface area (Å²) >= 11 is 0. The van der Waals surface area contributed by atoms with Crippen LogP contribution in [0.15, 0.2) is 24.3 Å². The van der Waals surface area contributed by atoms with Gasteiger partial charge in [-0.25, -0.2) is 0 Å². The van der Waals surface area contributed by atoms with Gasteiger partial charge in [-0.05, 0) is 30.9 Å². The van der Waals surface area contributed by atoms with Crippen molar-refractivity contribution in [1.82, 2.24) is 5.32 Å². The molecule has 1 saturated heterocycles. The number of carbonyl (C=O) groups excluding carboxylic acids is 1. The van der Waals surface area contributed by atoms with Crippen molar-refractivity contribution in [2.75, 3.05) is 18.0 Å². The molecule has 0 aromatic heterocycles. The van der Waals surface area contributed by atoms with Crippen LogP contribution in [0.4, 0.5) is 5.69 Å². The number of carbonyl (C=O) groups is 1. The third kappa shape index (κ3) is 1.63. The summed E-state index contributed by atoms with van der Waals surface area (Å²) in [4.78, 5) is 14.6. The number of benzene rings is 1. The van der Waals surface area contributed by atoms with E-state index in [0.29, 0.717) is 13.0 Å². The second kappa shape index (κ2) is 3.81. The van der Waals surface area contributed by atoms with Crippen LogP contribution in [-0.2, 0) is 10.2 Å². The van der Waals surface area contributed by atoms with Crippen molar-refractivity contribution in [1.29, 1.82) is 0 Å². The number of para-hydroxylation sites is 1. The number of nitrogens with zero attached hydrogens (tertiary/aromatic N) is 1. The highest BCUT2D eigenvalue weighted by molar-refractivity contribution is 6.00. The lowest BCUT2D eigenvalue weighted by Gasteiger charge is -2.21. The fraction of sp³-hybridized carbons (Fsp3) is 0.533. The monoisotopic (exact) mass is 258 g/mol. The third-order valence-electron chi connectivity index (χ3n) is 4.75. The van der Waals surface area contributed by atoms with Crippen molar-refractivity contribution in [3.05, 3.63) is 29.8 Å². The Labute approximate surface area is 112 Å². The number of β-amino-alcohol motifs (C(OH)–C–C–N with tert-alkyl or cyclic N) is 1. The molecule has 100 valence electrons. The Morgan fingerprint density at radius 3 is 2.84 bits per heavy atom. The first-order valence-electron chi connectivity index (χ1n) is 7.02. The average molecular weight is 258 g/mol. The zero-order valence-corrected chi connectivity index (χ0v) is 10.8. The lowest BCUT2D eigenvalue weighted by molar-refractivity contribution is -0.120. The lowest BCUT2D eigenvalue weighted by Crippen LogP contribution is -2.43. The minimum absolute atomic E-state index is 0.118. The Bertz CT molecular complexity index is 539. The molecule has 1 aromatic carbocycles. The summed E-state index contributed by atoms with van der Waals surface area (Å²) in [5.41, 5.74) is 2.65. The summed E-state index contributed by atoms with van der Waals surface area (Å²) < 4.78 is 0. The van der Waals surface area contributed by atoms with Crippen LogP contribution < -0.4 is 10.2 Å². The number of rotatable bonds is 1. The van der Waals surface area contributed by atoms with E-state index < -0.39 is 0 Å². The molecule has 3 aliphatic rings.